The molecule has 1 aliphatic heterocycles. The molecule has 1 saturated heterocycles. The van der Waals surface area contributed by atoms with Gasteiger partial charge in [0.25, 0.3) is 5.91 Å². The summed E-state index contributed by atoms with van der Waals surface area (Å²) < 4.78 is 5.81. The lowest BCUT2D eigenvalue weighted by atomic mass is 10.2. The molecule has 3 aromatic rings. The van der Waals surface area contributed by atoms with Gasteiger partial charge in [-0.05, 0) is 84.4 Å². The molecule has 1 amide bonds. The number of carbonyl (C=O) groups is 2. The highest BCUT2D eigenvalue weighted by molar-refractivity contribution is 8.18. The van der Waals surface area contributed by atoms with E-state index in [4.69, 9.17) is 44.6 Å². The highest BCUT2D eigenvalue weighted by Gasteiger charge is 2.32. The van der Waals surface area contributed by atoms with Crippen LogP contribution >= 0.6 is 46.6 Å². The number of hydrogen-bond donors (Lipinski definition) is 1. The van der Waals surface area contributed by atoms with E-state index in [-0.39, 0.29) is 18.1 Å². The number of hydrogen-bond acceptors (Lipinski definition) is 5. The number of aromatic carboxylic acids is 1. The fourth-order valence-corrected chi connectivity index (χ4v) is 4.95. The Hall–Kier alpha value is -2.97. The Bertz CT molecular complexity index is 1390. The van der Waals surface area contributed by atoms with Gasteiger partial charge in [0.05, 0.1) is 31.2 Å². The summed E-state index contributed by atoms with van der Waals surface area (Å²) in [6.07, 6.45) is 1.75. The first-order chi connectivity index (χ1) is 17.2. The number of carbonyl (C=O) groups excluding carboxylic acids is 1. The van der Waals surface area contributed by atoms with Crippen LogP contribution in [-0.2, 0) is 11.4 Å². The third-order valence-corrected chi connectivity index (χ3v) is 7.22. The number of likely N-dealkylation sites (N-methyl/N-ethyl adjacent to an activating group) is 1. The van der Waals surface area contributed by atoms with Crippen LogP contribution in [0.1, 0.15) is 28.4 Å². The van der Waals surface area contributed by atoms with E-state index in [1.165, 1.54) is 23.9 Å². The van der Waals surface area contributed by atoms with E-state index in [0.29, 0.717) is 43.1 Å². The van der Waals surface area contributed by atoms with Crippen molar-refractivity contribution >= 4 is 75.4 Å². The lowest BCUT2D eigenvalue weighted by molar-refractivity contribution is -0.122. The molecule has 4 rings (SSSR count). The minimum Gasteiger partial charge on any atom is -0.487 e. The lowest BCUT2D eigenvalue weighted by Crippen LogP contribution is -2.28. The molecule has 1 heterocycles. The van der Waals surface area contributed by atoms with Crippen LogP contribution in [0, 0.1) is 0 Å². The maximum atomic E-state index is 12.9. The molecule has 0 aliphatic carbocycles. The van der Waals surface area contributed by atoms with E-state index in [9.17, 15) is 9.59 Å². The van der Waals surface area contributed by atoms with Gasteiger partial charge in [-0.2, -0.15) is 0 Å². The molecule has 0 aromatic heterocycles. The van der Waals surface area contributed by atoms with Crippen molar-refractivity contribution in [1.29, 1.82) is 0 Å². The van der Waals surface area contributed by atoms with Crippen LogP contribution in [0.3, 0.4) is 0 Å². The van der Waals surface area contributed by atoms with Crippen molar-refractivity contribution in [2.24, 2.45) is 4.99 Å². The zero-order chi connectivity index (χ0) is 25.8. The van der Waals surface area contributed by atoms with Crippen molar-refractivity contribution in [3.05, 3.63) is 97.3 Å². The third-order valence-electron chi connectivity index (χ3n) is 5.18. The van der Waals surface area contributed by atoms with Crippen LogP contribution < -0.4 is 4.74 Å². The molecule has 1 N–H and O–H groups in total. The minimum atomic E-state index is -1.01. The molecular formula is C26H19Cl3N2O4S. The average Bonchev–Trinajstić information content (AvgIpc) is 3.14. The van der Waals surface area contributed by atoms with Crippen molar-refractivity contribution in [1.82, 2.24) is 4.90 Å². The van der Waals surface area contributed by atoms with Gasteiger partial charge < -0.3 is 9.84 Å². The summed E-state index contributed by atoms with van der Waals surface area (Å²) in [4.78, 5) is 30.6. The summed E-state index contributed by atoms with van der Waals surface area (Å²) in [6.45, 7) is 2.57. The normalized spacial score (nSPS) is 15.7. The number of ether oxygens (including phenoxy) is 1. The fraction of sp³-hybridized carbons (Fsp3) is 0.115. The van der Waals surface area contributed by atoms with Crippen LogP contribution in [-0.4, -0.2) is 33.6 Å². The van der Waals surface area contributed by atoms with Gasteiger partial charge in [0.2, 0.25) is 0 Å². The summed E-state index contributed by atoms with van der Waals surface area (Å²) in [5.74, 6) is -0.679. The maximum Gasteiger partial charge on any atom is 0.335 e. The molecule has 0 unspecified atom stereocenters. The van der Waals surface area contributed by atoms with Crippen LogP contribution in [0.4, 0.5) is 5.69 Å². The molecule has 0 atom stereocenters. The van der Waals surface area contributed by atoms with Crippen LogP contribution in [0.2, 0.25) is 15.1 Å². The van der Waals surface area contributed by atoms with Gasteiger partial charge in [-0.15, -0.1) is 0 Å². The first-order valence-corrected chi connectivity index (χ1v) is 12.7. The quantitative estimate of drug-likeness (QED) is 0.301. The number of carboxylic acid groups (broad SMARTS) is 1. The largest absolute Gasteiger partial charge is 0.487 e. The fourth-order valence-electron chi connectivity index (χ4n) is 3.33. The van der Waals surface area contributed by atoms with Crippen molar-refractivity contribution in [2.75, 3.05) is 6.54 Å². The molecule has 1 fully saturated rings. The molecule has 184 valence electrons. The number of amides is 1. The highest BCUT2D eigenvalue weighted by atomic mass is 35.5. The first-order valence-electron chi connectivity index (χ1n) is 10.7. The topological polar surface area (TPSA) is 79.2 Å². The van der Waals surface area contributed by atoms with Crippen molar-refractivity contribution in [3.8, 4) is 5.75 Å². The zero-order valence-electron chi connectivity index (χ0n) is 18.9. The molecule has 0 radical (unpaired) electrons. The SMILES string of the molecule is CCN1C(=O)C(=Cc2ccc(OCc3ccc(Cl)c(Cl)c3)c(Cl)c2)SC1=Nc1ccc(C(=O)O)cc1. The predicted molar refractivity (Wildman–Crippen MR) is 146 cm³/mol. The van der Waals surface area contributed by atoms with E-state index in [1.54, 1.807) is 47.4 Å². The Morgan fingerprint density at radius 2 is 1.78 bits per heavy atom. The molecule has 6 nitrogen and oxygen atoms in total. The van der Waals surface area contributed by atoms with Gasteiger partial charge in [0, 0.05) is 6.54 Å². The number of aliphatic imine (C=N–C) groups is 1. The lowest BCUT2D eigenvalue weighted by Gasteiger charge is -2.12. The molecule has 0 spiro atoms. The van der Waals surface area contributed by atoms with Gasteiger partial charge in [0.1, 0.15) is 12.4 Å². The van der Waals surface area contributed by atoms with Crippen molar-refractivity contribution in [3.63, 3.8) is 0 Å². The average molecular weight is 562 g/mol. The molecular weight excluding hydrogens is 543 g/mol. The van der Waals surface area contributed by atoms with Crippen LogP contribution in [0.15, 0.2) is 70.6 Å². The zero-order valence-corrected chi connectivity index (χ0v) is 22.0. The predicted octanol–water partition coefficient (Wildman–Crippen LogP) is 7.55. The monoisotopic (exact) mass is 560 g/mol. The number of benzene rings is 3. The standard InChI is InChI=1S/C26H19Cl3N2O4S/c1-2-31-24(32)23(36-26(31)30-18-7-5-17(6-8-18)25(33)34)13-15-4-10-22(21(29)11-15)35-14-16-3-9-19(27)20(28)12-16/h3-13H,2,14H2,1H3,(H,33,34). The Labute approximate surface area is 227 Å². The highest BCUT2D eigenvalue weighted by Crippen LogP contribution is 2.35. The van der Waals surface area contributed by atoms with E-state index in [2.05, 4.69) is 4.99 Å². The van der Waals surface area contributed by atoms with E-state index >= 15 is 0 Å². The summed E-state index contributed by atoms with van der Waals surface area (Å²) in [7, 11) is 0. The number of nitrogens with zero attached hydrogens (tertiary/aromatic N) is 2. The molecule has 0 saturated carbocycles. The molecule has 36 heavy (non-hydrogen) atoms. The number of rotatable bonds is 7. The molecule has 1 aliphatic rings. The van der Waals surface area contributed by atoms with Gasteiger partial charge >= 0.3 is 5.97 Å². The molecule has 3 aromatic carbocycles. The molecule has 10 heteroatoms. The molecule has 0 bridgehead atoms. The van der Waals surface area contributed by atoms with E-state index in [1.807, 2.05) is 19.1 Å². The number of halogens is 3. The van der Waals surface area contributed by atoms with Crippen molar-refractivity contribution < 1.29 is 19.4 Å². The second kappa shape index (κ2) is 11.4. The Balaban J connectivity index is 1.50. The van der Waals surface area contributed by atoms with Crippen molar-refractivity contribution in [2.45, 2.75) is 13.5 Å². The summed E-state index contributed by atoms with van der Waals surface area (Å²) in [6, 6.07) is 16.7. The smallest absolute Gasteiger partial charge is 0.335 e. The van der Waals surface area contributed by atoms with E-state index < -0.39 is 5.97 Å². The van der Waals surface area contributed by atoms with Gasteiger partial charge in [-0.1, -0.05) is 46.9 Å². The Morgan fingerprint density at radius 1 is 1.03 bits per heavy atom. The number of amidine groups is 1. The van der Waals surface area contributed by atoms with Gasteiger partial charge in [-0.25, -0.2) is 9.79 Å². The third kappa shape index (κ3) is 6.05. The van der Waals surface area contributed by atoms with E-state index in [0.717, 1.165) is 11.1 Å². The van der Waals surface area contributed by atoms with Crippen LogP contribution in [0.5, 0.6) is 5.75 Å². The second-order valence-corrected chi connectivity index (χ2v) is 9.86. The van der Waals surface area contributed by atoms with Gasteiger partial charge in [0.15, 0.2) is 5.17 Å². The summed E-state index contributed by atoms with van der Waals surface area (Å²) in [5, 5.41) is 10.9. The minimum absolute atomic E-state index is 0.167. The number of carboxylic acids is 1. The van der Waals surface area contributed by atoms with Crippen LogP contribution in [0.25, 0.3) is 6.08 Å². The number of thioether (sulfide) groups is 1. The second-order valence-electron chi connectivity index (χ2n) is 7.63. The Kier molecular flexibility index (Phi) is 8.26. The first kappa shape index (κ1) is 26.1. The summed E-state index contributed by atoms with van der Waals surface area (Å²) in [5.41, 5.74) is 2.31. The van der Waals surface area contributed by atoms with Gasteiger partial charge in [-0.3, -0.25) is 9.69 Å². The maximum absolute atomic E-state index is 12.9. The summed E-state index contributed by atoms with van der Waals surface area (Å²) >= 11 is 19.7. The Morgan fingerprint density at radius 3 is 2.42 bits per heavy atom.